The van der Waals surface area contributed by atoms with Crippen molar-refractivity contribution < 1.29 is 0 Å². The van der Waals surface area contributed by atoms with Gasteiger partial charge >= 0.3 is 0 Å². The van der Waals surface area contributed by atoms with Gasteiger partial charge in [0.2, 0.25) is 0 Å². The molecule has 0 bridgehead atoms. The van der Waals surface area contributed by atoms with Crippen LogP contribution >= 0.6 is 34.2 Å². The molecule has 0 unspecified atom stereocenters. The molecule has 0 radical (unpaired) electrons. The maximum atomic E-state index is 5.80. The number of nitrogens with zero attached hydrogens (tertiary/aromatic N) is 2. The van der Waals surface area contributed by atoms with Crippen molar-refractivity contribution in [3.63, 3.8) is 0 Å². The molecule has 82 valence electrons. The van der Waals surface area contributed by atoms with Crippen LogP contribution in [0, 0.1) is 3.57 Å². The van der Waals surface area contributed by atoms with E-state index in [1.807, 2.05) is 36.2 Å². The van der Waals surface area contributed by atoms with E-state index < -0.39 is 0 Å². The van der Waals surface area contributed by atoms with E-state index in [0.717, 1.165) is 5.69 Å². The Morgan fingerprint density at radius 3 is 2.93 bits per heavy atom. The molecule has 15 heavy (non-hydrogen) atoms. The van der Waals surface area contributed by atoms with Gasteiger partial charge in [-0.05, 0) is 40.8 Å². The van der Waals surface area contributed by atoms with Gasteiger partial charge in [-0.15, -0.1) is 11.6 Å². The highest BCUT2D eigenvalue weighted by molar-refractivity contribution is 14.1. The van der Waals surface area contributed by atoms with Crippen LogP contribution < -0.4 is 10.6 Å². The van der Waals surface area contributed by atoms with E-state index in [1.165, 1.54) is 3.57 Å². The van der Waals surface area contributed by atoms with E-state index in [9.17, 15) is 0 Å². The first-order chi connectivity index (χ1) is 7.15. The van der Waals surface area contributed by atoms with E-state index in [0.29, 0.717) is 18.4 Å². The molecule has 1 aromatic rings. The summed E-state index contributed by atoms with van der Waals surface area (Å²) in [4.78, 5) is 5.98. The van der Waals surface area contributed by atoms with Crippen LogP contribution in [0.4, 0.5) is 5.69 Å². The van der Waals surface area contributed by atoms with Gasteiger partial charge in [-0.25, -0.2) is 0 Å². The molecule has 0 aliphatic rings. The minimum Gasteiger partial charge on any atom is -0.370 e. The van der Waals surface area contributed by atoms with Gasteiger partial charge in [0.15, 0.2) is 5.96 Å². The highest BCUT2D eigenvalue weighted by atomic mass is 127. The van der Waals surface area contributed by atoms with Crippen LogP contribution in [-0.4, -0.2) is 25.4 Å². The van der Waals surface area contributed by atoms with Crippen molar-refractivity contribution in [2.75, 3.05) is 24.4 Å². The lowest BCUT2D eigenvalue weighted by Gasteiger charge is -2.18. The van der Waals surface area contributed by atoms with Crippen LogP contribution in [0.2, 0.25) is 0 Å². The molecule has 0 aliphatic carbocycles. The van der Waals surface area contributed by atoms with E-state index in [4.69, 9.17) is 17.3 Å². The van der Waals surface area contributed by atoms with Crippen molar-refractivity contribution in [1.82, 2.24) is 0 Å². The summed E-state index contributed by atoms with van der Waals surface area (Å²) < 4.78 is 1.17. The summed E-state index contributed by atoms with van der Waals surface area (Å²) in [6.07, 6.45) is 0. The summed E-state index contributed by atoms with van der Waals surface area (Å²) in [5.41, 5.74) is 6.83. The Balaban J connectivity index is 2.80. The van der Waals surface area contributed by atoms with Crippen LogP contribution in [0.25, 0.3) is 0 Å². The number of anilines is 1. The second-order valence-electron chi connectivity index (χ2n) is 2.97. The van der Waals surface area contributed by atoms with Gasteiger partial charge in [-0.3, -0.25) is 4.99 Å². The van der Waals surface area contributed by atoms with E-state index in [1.54, 1.807) is 0 Å². The summed E-state index contributed by atoms with van der Waals surface area (Å²) in [7, 11) is 1.89. The number of hydrogen-bond donors (Lipinski definition) is 1. The molecule has 0 spiro atoms. The average molecular weight is 338 g/mol. The molecule has 0 heterocycles. The zero-order chi connectivity index (χ0) is 11.3. The Bertz CT molecular complexity index is 354. The van der Waals surface area contributed by atoms with Gasteiger partial charge in [0.05, 0.1) is 6.54 Å². The minimum atomic E-state index is 0.484. The van der Waals surface area contributed by atoms with E-state index >= 15 is 0 Å². The average Bonchev–Trinajstić information content (AvgIpc) is 2.24. The van der Waals surface area contributed by atoms with Crippen molar-refractivity contribution >= 4 is 45.8 Å². The molecule has 0 aromatic heterocycles. The molecule has 0 saturated carbocycles. The molecule has 0 amide bonds. The minimum absolute atomic E-state index is 0.484. The fraction of sp³-hybridized carbons (Fsp3) is 0.300. The predicted molar refractivity (Wildman–Crippen MR) is 74.8 cm³/mol. The quantitative estimate of drug-likeness (QED) is 0.398. The van der Waals surface area contributed by atoms with Crippen LogP contribution in [0.15, 0.2) is 29.3 Å². The van der Waals surface area contributed by atoms with Gasteiger partial charge in [0.1, 0.15) is 0 Å². The van der Waals surface area contributed by atoms with Crippen LogP contribution in [0.3, 0.4) is 0 Å². The molecule has 5 heteroatoms. The number of aliphatic imine (C=N–C) groups is 1. The third-order valence-electron chi connectivity index (χ3n) is 1.90. The second-order valence-corrected chi connectivity index (χ2v) is 4.59. The van der Waals surface area contributed by atoms with Crippen LogP contribution in [0.5, 0.6) is 0 Å². The number of benzene rings is 1. The molecule has 0 atom stereocenters. The van der Waals surface area contributed by atoms with Crippen molar-refractivity contribution in [2.45, 2.75) is 0 Å². The molecular weight excluding hydrogens is 324 g/mol. The zero-order valence-corrected chi connectivity index (χ0v) is 11.4. The topological polar surface area (TPSA) is 41.6 Å². The maximum Gasteiger partial charge on any atom is 0.195 e. The normalized spacial score (nSPS) is 11.5. The number of guanidine groups is 1. The summed E-state index contributed by atoms with van der Waals surface area (Å²) in [5.74, 6) is 0.971. The third kappa shape index (κ3) is 3.87. The Hall–Kier alpha value is -0.490. The highest BCUT2D eigenvalue weighted by Gasteiger charge is 2.04. The zero-order valence-electron chi connectivity index (χ0n) is 8.45. The van der Waals surface area contributed by atoms with Crippen molar-refractivity contribution in [3.05, 3.63) is 27.8 Å². The molecule has 0 fully saturated rings. The molecule has 0 saturated heterocycles. The first kappa shape index (κ1) is 12.6. The molecule has 0 aliphatic heterocycles. The van der Waals surface area contributed by atoms with E-state index in [2.05, 4.69) is 27.6 Å². The monoisotopic (exact) mass is 337 g/mol. The Kier molecular flexibility index (Phi) is 5.17. The second kappa shape index (κ2) is 6.17. The molecular formula is C10H13ClIN3. The number of alkyl halides is 1. The van der Waals surface area contributed by atoms with Gasteiger partial charge < -0.3 is 10.6 Å². The van der Waals surface area contributed by atoms with Crippen molar-refractivity contribution in [3.8, 4) is 0 Å². The Morgan fingerprint density at radius 2 is 2.33 bits per heavy atom. The van der Waals surface area contributed by atoms with Gasteiger partial charge in [0, 0.05) is 22.2 Å². The predicted octanol–water partition coefficient (Wildman–Crippen LogP) is 2.28. The van der Waals surface area contributed by atoms with Crippen LogP contribution in [0.1, 0.15) is 0 Å². The standard InChI is InChI=1S/C10H13ClIN3/c1-15(10(13)14-6-5-11)9-4-2-3-8(12)7-9/h2-4,7H,5-6H2,1H3,(H2,13,14). The van der Waals surface area contributed by atoms with Gasteiger partial charge in [-0.2, -0.15) is 0 Å². The smallest absolute Gasteiger partial charge is 0.195 e. The van der Waals surface area contributed by atoms with Crippen LogP contribution in [-0.2, 0) is 0 Å². The fourth-order valence-corrected chi connectivity index (χ4v) is 1.69. The van der Waals surface area contributed by atoms with Crippen molar-refractivity contribution in [1.29, 1.82) is 0 Å². The van der Waals surface area contributed by atoms with Gasteiger partial charge in [-0.1, -0.05) is 6.07 Å². The summed E-state index contributed by atoms with van der Waals surface area (Å²) in [6, 6.07) is 8.06. The SMILES string of the molecule is CN(C(N)=NCCCl)c1cccc(I)c1. The number of halogens is 2. The lowest BCUT2D eigenvalue weighted by molar-refractivity contribution is 1.09. The first-order valence-corrected chi connectivity index (χ1v) is 6.11. The lowest BCUT2D eigenvalue weighted by atomic mass is 10.3. The number of rotatable bonds is 3. The van der Waals surface area contributed by atoms with Gasteiger partial charge in [0.25, 0.3) is 0 Å². The highest BCUT2D eigenvalue weighted by Crippen LogP contribution is 2.15. The molecule has 3 nitrogen and oxygen atoms in total. The lowest BCUT2D eigenvalue weighted by Crippen LogP contribution is -2.34. The van der Waals surface area contributed by atoms with E-state index in [-0.39, 0.29) is 0 Å². The fourth-order valence-electron chi connectivity index (χ4n) is 1.08. The molecule has 1 aromatic carbocycles. The summed E-state index contributed by atoms with van der Waals surface area (Å²) in [5, 5.41) is 0. The summed E-state index contributed by atoms with van der Waals surface area (Å²) in [6.45, 7) is 0.543. The number of hydrogen-bond acceptors (Lipinski definition) is 1. The summed E-state index contributed by atoms with van der Waals surface area (Å²) >= 11 is 7.80. The largest absolute Gasteiger partial charge is 0.370 e. The molecule has 2 N–H and O–H groups in total. The Morgan fingerprint density at radius 1 is 1.60 bits per heavy atom. The van der Waals surface area contributed by atoms with Crippen molar-refractivity contribution in [2.24, 2.45) is 10.7 Å². The number of nitrogens with two attached hydrogens (primary N) is 1. The maximum absolute atomic E-state index is 5.80. The third-order valence-corrected chi connectivity index (χ3v) is 2.74. The molecule has 1 rings (SSSR count). The first-order valence-electron chi connectivity index (χ1n) is 4.50. The Labute approximate surface area is 108 Å².